The van der Waals surface area contributed by atoms with Crippen molar-refractivity contribution in [2.45, 2.75) is 106 Å². The Labute approximate surface area is 338 Å². The van der Waals surface area contributed by atoms with Crippen LogP contribution < -0.4 is 20.2 Å². The molecule has 1 fully saturated rings. The number of aromatic nitrogens is 6. The average molecular weight is 791 g/mol. The minimum Gasteiger partial charge on any atom is -0.494 e. The number of benzene rings is 3. The van der Waals surface area contributed by atoms with Crippen molar-refractivity contribution in [3.8, 4) is 11.4 Å². The summed E-state index contributed by atoms with van der Waals surface area (Å²) in [6.45, 7) is 20.3. The molecule has 3 aromatic carbocycles. The van der Waals surface area contributed by atoms with Gasteiger partial charge in [-0.05, 0) is 80.3 Å². The lowest BCUT2D eigenvalue weighted by Crippen LogP contribution is -2.46. The number of piperazine rings is 1. The second-order valence-electron chi connectivity index (χ2n) is 12.9. The van der Waals surface area contributed by atoms with Crippen molar-refractivity contribution < 1.29 is 18.3 Å². The molecule has 2 atom stereocenters. The van der Waals surface area contributed by atoms with Crippen LogP contribution in [-0.4, -0.2) is 69.0 Å². The fourth-order valence-corrected chi connectivity index (χ4v) is 6.93. The molecule has 0 aliphatic carbocycles. The van der Waals surface area contributed by atoms with Gasteiger partial charge in [0.1, 0.15) is 42.0 Å². The summed E-state index contributed by atoms with van der Waals surface area (Å²) in [6, 6.07) is 19.9. The number of hydrogen-bond acceptors (Lipinski definition) is 8. The van der Waals surface area contributed by atoms with Crippen LogP contribution in [0.25, 0.3) is 5.69 Å². The van der Waals surface area contributed by atoms with Crippen LogP contribution in [0, 0.1) is 11.6 Å². The molecule has 0 radical (unpaired) electrons. The van der Waals surface area contributed by atoms with Crippen LogP contribution in [0.1, 0.15) is 99.1 Å². The number of nitrogens with zero attached hydrogens (tertiary/aromatic N) is 8. The van der Waals surface area contributed by atoms with E-state index in [0.29, 0.717) is 19.4 Å². The zero-order valence-corrected chi connectivity index (χ0v) is 35.5. The summed E-state index contributed by atoms with van der Waals surface area (Å²) < 4.78 is 45.5. The Bertz CT molecular complexity index is 1890. The highest BCUT2D eigenvalue weighted by Crippen LogP contribution is 2.35. The van der Waals surface area contributed by atoms with Crippen molar-refractivity contribution in [3.63, 3.8) is 0 Å². The van der Waals surface area contributed by atoms with E-state index >= 15 is 0 Å². The average Bonchev–Trinajstić information content (AvgIpc) is 3.93. The van der Waals surface area contributed by atoms with Crippen molar-refractivity contribution in [3.05, 3.63) is 113 Å². The maximum absolute atomic E-state index is 15.0. The third-order valence-corrected chi connectivity index (χ3v) is 9.80. The molecule has 1 aliphatic heterocycles. The van der Waals surface area contributed by atoms with Gasteiger partial charge >= 0.3 is 5.69 Å². The molecule has 0 amide bonds. The fraction of sp³-hybridized carbons (Fsp3) is 0.500. The summed E-state index contributed by atoms with van der Waals surface area (Å²) in [5.41, 5.74) is 2.14. The lowest BCUT2D eigenvalue weighted by Gasteiger charge is -2.37. The van der Waals surface area contributed by atoms with E-state index < -0.39 is 17.2 Å². The molecule has 1 aliphatic rings. The molecule has 0 bridgehead atoms. The molecule has 0 N–H and O–H groups in total. The van der Waals surface area contributed by atoms with Gasteiger partial charge in [-0.15, -0.1) is 0 Å². The Balaban J connectivity index is 0.00000138. The standard InChI is InChI=1S/C38H46F2N8O3.3C2H6/c1-4-7-30(5-2)48-37(49)47(28-43-48)33-11-9-31(10-12-33)44-19-21-45(22-20-44)32-13-15-34(16-14-32)51-23-6-18-38(50-3,25-46-27-41-26-42-46)35-17-8-29(39)24-36(35)40;3*1-2/h8-17,24,26-28,30H,4-7,18-23,25H2,1-3H3;3*1-2H3/t30-,38?;;;/m1.../s1. The highest BCUT2D eigenvalue weighted by atomic mass is 19.1. The highest BCUT2D eigenvalue weighted by Gasteiger charge is 2.36. The van der Waals surface area contributed by atoms with Gasteiger partial charge < -0.3 is 19.3 Å². The van der Waals surface area contributed by atoms with E-state index in [0.717, 1.165) is 74.3 Å². The van der Waals surface area contributed by atoms with Crippen molar-refractivity contribution in [1.29, 1.82) is 0 Å². The van der Waals surface area contributed by atoms with Gasteiger partial charge in [-0.1, -0.05) is 67.9 Å². The van der Waals surface area contributed by atoms with Crippen molar-refractivity contribution in [2.24, 2.45) is 0 Å². The first-order chi connectivity index (χ1) is 27.8. The number of hydrogen-bond donors (Lipinski definition) is 0. The van der Waals surface area contributed by atoms with Crippen molar-refractivity contribution in [2.75, 3.05) is 49.7 Å². The smallest absolute Gasteiger partial charge is 0.350 e. The van der Waals surface area contributed by atoms with Crippen LogP contribution >= 0.6 is 0 Å². The maximum atomic E-state index is 15.0. The van der Waals surface area contributed by atoms with Crippen molar-refractivity contribution >= 4 is 11.4 Å². The SMILES string of the molecule is CC.CC.CC.CCC[C@@H](CC)n1ncn(-c2ccc(N3CCN(c4ccc(OCCCC(Cn5cncn5)(OC)c5ccc(F)cc5F)cc4)CC3)cc2)c1=O. The van der Waals surface area contributed by atoms with Gasteiger partial charge in [0.2, 0.25) is 0 Å². The zero-order valence-electron chi connectivity index (χ0n) is 35.5. The molecule has 57 heavy (non-hydrogen) atoms. The number of halogens is 2. The zero-order chi connectivity index (χ0) is 41.8. The first-order valence-electron chi connectivity index (χ1n) is 20.7. The third-order valence-electron chi connectivity index (χ3n) is 9.80. The quantitative estimate of drug-likeness (QED) is 0.0913. The number of rotatable bonds is 16. The second kappa shape index (κ2) is 23.9. The predicted octanol–water partition coefficient (Wildman–Crippen LogP) is 9.46. The lowest BCUT2D eigenvalue weighted by molar-refractivity contribution is -0.0452. The van der Waals surface area contributed by atoms with Gasteiger partial charge in [0.05, 0.1) is 24.9 Å². The molecule has 1 saturated heterocycles. The molecule has 0 spiro atoms. The summed E-state index contributed by atoms with van der Waals surface area (Å²) in [7, 11) is 1.52. The predicted molar refractivity (Wildman–Crippen MR) is 227 cm³/mol. The van der Waals surface area contributed by atoms with Crippen LogP contribution in [0.4, 0.5) is 20.2 Å². The van der Waals surface area contributed by atoms with Gasteiger partial charge in [0.15, 0.2) is 0 Å². The maximum Gasteiger partial charge on any atom is 0.350 e. The number of anilines is 2. The van der Waals surface area contributed by atoms with E-state index in [1.807, 2.05) is 65.8 Å². The molecule has 312 valence electrons. The first kappa shape index (κ1) is 46.3. The first-order valence-corrected chi connectivity index (χ1v) is 20.7. The normalized spacial score (nSPS) is 13.9. The number of methoxy groups -OCH3 is 1. The van der Waals surface area contributed by atoms with E-state index in [4.69, 9.17) is 9.47 Å². The molecule has 2 aromatic heterocycles. The van der Waals surface area contributed by atoms with Gasteiger partial charge in [-0.3, -0.25) is 0 Å². The van der Waals surface area contributed by atoms with Crippen LogP contribution in [-0.2, 0) is 16.9 Å². The Hall–Kier alpha value is -5.04. The van der Waals surface area contributed by atoms with Crippen molar-refractivity contribution in [1.82, 2.24) is 29.1 Å². The lowest BCUT2D eigenvalue weighted by atomic mass is 9.88. The van der Waals surface area contributed by atoms with Crippen LogP contribution in [0.15, 0.2) is 90.5 Å². The largest absolute Gasteiger partial charge is 0.494 e. The van der Waals surface area contributed by atoms with Gasteiger partial charge in [0.25, 0.3) is 0 Å². The Morgan fingerprint density at radius 3 is 1.91 bits per heavy atom. The summed E-state index contributed by atoms with van der Waals surface area (Å²) in [4.78, 5) is 21.8. The van der Waals surface area contributed by atoms with E-state index in [2.05, 4.69) is 63.1 Å². The summed E-state index contributed by atoms with van der Waals surface area (Å²) in [5, 5.41) is 8.58. The molecular formula is C44H64F2N8O3. The second-order valence-corrected chi connectivity index (χ2v) is 12.9. The summed E-state index contributed by atoms with van der Waals surface area (Å²) >= 11 is 0. The topological polar surface area (TPSA) is 95.5 Å². The third kappa shape index (κ3) is 12.0. The molecule has 1 unspecified atom stereocenters. The number of ether oxygens (including phenoxy) is 2. The van der Waals surface area contributed by atoms with E-state index in [-0.39, 0.29) is 23.8 Å². The Kier molecular flexibility index (Phi) is 19.4. The van der Waals surface area contributed by atoms with Crippen LogP contribution in [0.3, 0.4) is 0 Å². The molecule has 6 rings (SSSR count). The molecule has 0 saturated carbocycles. The molecular weight excluding hydrogens is 727 g/mol. The van der Waals surface area contributed by atoms with Gasteiger partial charge in [-0.25, -0.2) is 32.5 Å². The van der Waals surface area contributed by atoms with E-state index in [9.17, 15) is 13.6 Å². The fourth-order valence-electron chi connectivity index (χ4n) is 6.93. The van der Waals surface area contributed by atoms with Gasteiger partial charge in [-0.2, -0.15) is 10.2 Å². The van der Waals surface area contributed by atoms with E-state index in [1.165, 1.54) is 25.6 Å². The van der Waals surface area contributed by atoms with Gasteiger partial charge in [0, 0.05) is 56.3 Å². The molecule has 3 heterocycles. The highest BCUT2D eigenvalue weighted by molar-refractivity contribution is 5.54. The minimum absolute atomic E-state index is 0.0980. The summed E-state index contributed by atoms with van der Waals surface area (Å²) in [6.07, 6.45) is 8.37. The molecule has 13 heteroatoms. The monoisotopic (exact) mass is 791 g/mol. The Morgan fingerprint density at radius 2 is 1.39 bits per heavy atom. The van der Waals surface area contributed by atoms with E-state index in [1.54, 1.807) is 26.6 Å². The molecule has 5 aromatic rings. The van der Waals surface area contributed by atoms with Crippen LogP contribution in [0.5, 0.6) is 5.75 Å². The minimum atomic E-state index is -1.08. The Morgan fingerprint density at radius 1 is 0.789 bits per heavy atom. The summed E-state index contributed by atoms with van der Waals surface area (Å²) in [5.74, 6) is -0.573. The van der Waals surface area contributed by atoms with Crippen LogP contribution in [0.2, 0.25) is 0 Å². The molecule has 11 nitrogen and oxygen atoms in total.